The van der Waals surface area contributed by atoms with Crippen LogP contribution in [-0.2, 0) is 59.6 Å². The summed E-state index contributed by atoms with van der Waals surface area (Å²) in [6.07, 6.45) is 5.09. The maximum absolute atomic E-state index is 15.5. The second-order valence-corrected chi connectivity index (χ2v) is 19.6. The molecule has 1 atom stereocenters. The summed E-state index contributed by atoms with van der Waals surface area (Å²) in [6.45, 7) is 9.50. The number of amides is 3. The van der Waals surface area contributed by atoms with E-state index < -0.39 is 5.97 Å². The van der Waals surface area contributed by atoms with Crippen molar-refractivity contribution in [1.29, 1.82) is 0 Å². The third-order valence-electron chi connectivity index (χ3n) is 12.6. The van der Waals surface area contributed by atoms with E-state index in [-0.39, 0.29) is 87.2 Å². The summed E-state index contributed by atoms with van der Waals surface area (Å²) in [4.78, 5) is 48.6. The first kappa shape index (κ1) is 57.9. The number of carbonyl (C=O) groups is 4. The van der Waals surface area contributed by atoms with Crippen molar-refractivity contribution in [2.24, 2.45) is 22.8 Å². The van der Waals surface area contributed by atoms with Crippen LogP contribution in [0.25, 0.3) is 11.1 Å². The fraction of sp³-hybridized carbons (Fsp3) is 0.547. The van der Waals surface area contributed by atoms with Gasteiger partial charge in [-0.3, -0.25) is 23.9 Å². The predicted molar refractivity (Wildman–Crippen MR) is 273 cm³/mol. The first-order valence-corrected chi connectivity index (χ1v) is 25.2. The predicted octanol–water partition coefficient (Wildman–Crippen LogP) is 3.95. The molecule has 0 unspecified atom stereocenters. The molecule has 1 saturated carbocycles. The molecule has 0 radical (unpaired) electrons. The van der Waals surface area contributed by atoms with Crippen LogP contribution in [0.5, 0.6) is 11.5 Å². The lowest BCUT2D eigenvalue weighted by molar-refractivity contribution is -0.907. The first-order valence-electron chi connectivity index (χ1n) is 25.2. The van der Waals surface area contributed by atoms with E-state index in [9.17, 15) is 24.3 Å². The number of benzene rings is 3. The Labute approximate surface area is 428 Å². The molecule has 1 aliphatic rings. The van der Waals surface area contributed by atoms with Gasteiger partial charge >= 0.3 is 5.97 Å². The van der Waals surface area contributed by atoms with Crippen molar-refractivity contribution in [3.8, 4) is 22.6 Å². The number of ether oxygens (including phenoxy) is 5. The number of nitrogens with one attached hydrogen (secondary N) is 3. The van der Waals surface area contributed by atoms with E-state index in [4.69, 9.17) is 35.2 Å². The zero-order valence-electron chi connectivity index (χ0n) is 43.0. The molecule has 1 aliphatic carbocycles. The molecule has 0 bridgehead atoms. The van der Waals surface area contributed by atoms with Crippen molar-refractivity contribution in [2.75, 3.05) is 99.5 Å². The van der Waals surface area contributed by atoms with Crippen molar-refractivity contribution in [3.05, 3.63) is 95.1 Å². The summed E-state index contributed by atoms with van der Waals surface area (Å²) in [7, 11) is 3.51. The Morgan fingerprint density at radius 2 is 1.51 bits per heavy atom. The molecule has 8 N–H and O–H groups in total. The summed E-state index contributed by atoms with van der Waals surface area (Å²) in [5.74, 6) is -0.139. The molecule has 4 aromatic rings. The van der Waals surface area contributed by atoms with Gasteiger partial charge in [-0.2, -0.15) is 0 Å². The van der Waals surface area contributed by atoms with Gasteiger partial charge in [0.15, 0.2) is 0 Å². The van der Waals surface area contributed by atoms with Crippen LogP contribution in [0.2, 0.25) is 0 Å². The highest BCUT2D eigenvalue weighted by Gasteiger charge is 2.34. The molecule has 0 aliphatic heterocycles. The smallest absolute Gasteiger partial charge is 0.303 e. The number of aromatic nitrogens is 3. The maximum atomic E-state index is 15.5. The molecular formula is C53H77FN9O10+. The number of halogens is 1. The van der Waals surface area contributed by atoms with Crippen LogP contribution in [0, 0.1) is 17.2 Å². The molecule has 0 spiro atoms. The number of likely N-dealkylation sites (N-methyl/N-ethyl adjacent to an activating group) is 1. The number of nitrogens with zero attached hydrogens (tertiary/aromatic N) is 4. The first-order chi connectivity index (χ1) is 35.1. The molecule has 400 valence electrons. The van der Waals surface area contributed by atoms with E-state index in [0.717, 1.165) is 35.1 Å². The van der Waals surface area contributed by atoms with Gasteiger partial charge in [-0.15, -0.1) is 5.10 Å². The minimum absolute atomic E-state index is 0.0424. The second kappa shape index (κ2) is 29.6. The van der Waals surface area contributed by atoms with E-state index >= 15 is 4.39 Å². The van der Waals surface area contributed by atoms with Crippen LogP contribution in [0.15, 0.2) is 66.9 Å². The average molecular weight is 1020 g/mol. The van der Waals surface area contributed by atoms with Gasteiger partial charge in [0, 0.05) is 38.3 Å². The Morgan fingerprint density at radius 1 is 0.822 bits per heavy atom. The molecule has 5 rings (SSSR count). The molecule has 19 nitrogen and oxygen atoms in total. The number of aliphatic carboxylic acids is 1. The normalized spacial score (nSPS) is 13.1. The van der Waals surface area contributed by atoms with Crippen LogP contribution >= 0.6 is 0 Å². The molecule has 1 heterocycles. The van der Waals surface area contributed by atoms with Crippen LogP contribution in [-0.4, -0.2) is 148 Å². The van der Waals surface area contributed by atoms with E-state index in [2.05, 4.69) is 46.2 Å². The van der Waals surface area contributed by atoms with Gasteiger partial charge in [-0.05, 0) is 89.1 Å². The molecule has 73 heavy (non-hydrogen) atoms. The Kier molecular flexibility index (Phi) is 23.5. The van der Waals surface area contributed by atoms with Gasteiger partial charge in [0.2, 0.25) is 17.7 Å². The number of quaternary nitrogens is 1. The summed E-state index contributed by atoms with van der Waals surface area (Å²) in [6, 6.07) is 18.3. The van der Waals surface area contributed by atoms with Crippen LogP contribution in [0.1, 0.15) is 74.3 Å². The van der Waals surface area contributed by atoms with Gasteiger partial charge in [0.1, 0.15) is 36.2 Å². The fourth-order valence-electron chi connectivity index (χ4n) is 8.59. The van der Waals surface area contributed by atoms with Crippen molar-refractivity contribution in [3.63, 3.8) is 0 Å². The van der Waals surface area contributed by atoms with Crippen molar-refractivity contribution < 1.29 is 56.8 Å². The summed E-state index contributed by atoms with van der Waals surface area (Å²) < 4.78 is 46.3. The highest BCUT2D eigenvalue weighted by atomic mass is 19.1. The summed E-state index contributed by atoms with van der Waals surface area (Å²) >= 11 is 0. The minimum atomic E-state index is -0.806. The van der Waals surface area contributed by atoms with Crippen molar-refractivity contribution >= 4 is 23.7 Å². The maximum Gasteiger partial charge on any atom is 0.303 e. The molecule has 1 aromatic heterocycles. The number of nitrogens with two attached hydrogens (primary N) is 2. The SMILES string of the molecule is COc1ccc(F)c(-c2ccc(COc3cccc([C@@H](CC(=O)O)C4CC4)c3)cc2CC(C)(C)Cn2cc(COCCOCCOCC(=O)NCC[N+](C)(CCC(=O)NCCN)CCC(=O)NCCN)nn2)c1. The van der Waals surface area contributed by atoms with Gasteiger partial charge in [-0.25, -0.2) is 4.39 Å². The Bertz CT molecular complexity index is 2360. The molecular weight excluding hydrogens is 942 g/mol. The largest absolute Gasteiger partial charge is 0.497 e. The Balaban J connectivity index is 1.04. The van der Waals surface area contributed by atoms with Gasteiger partial charge in [-0.1, -0.05) is 49.4 Å². The number of carboxylic acid groups (broad SMARTS) is 1. The average Bonchev–Trinajstić information content (AvgIpc) is 4.12. The van der Waals surface area contributed by atoms with Gasteiger partial charge in [0.05, 0.1) is 98.8 Å². The van der Waals surface area contributed by atoms with Gasteiger partial charge < -0.3 is 60.7 Å². The van der Waals surface area contributed by atoms with E-state index in [1.54, 1.807) is 23.9 Å². The number of methoxy groups -OCH3 is 1. The Hall–Kier alpha value is -6.03. The number of rotatable bonds is 36. The number of carboxylic acids is 1. The monoisotopic (exact) mass is 1020 g/mol. The standard InChI is InChI=1S/C53H76FN9O10/c1-53(2,32-41-28-38(8-12-45(41)47-30-43(69-4)11-13-48(47)54)34-73-44-7-5-6-40(29-44)46(31-52(67)68)39-9-10-39)37-62-33-42(60-61-62)35-71-26-24-70-25-27-72-36-51(66)59-20-23-63(3,21-14-49(64)57-18-16-55)22-15-50(65)58-19-17-56/h5-8,11-13,28-30,33,39,46H,9-10,14-27,31-32,34-37,55-56H2,1-4H3,(H3-,57,58,59,64,65,66,67,68)/p+1/t46-/m0/s1. The summed E-state index contributed by atoms with van der Waals surface area (Å²) in [5, 5.41) is 26.6. The molecule has 20 heteroatoms. The third-order valence-corrected chi connectivity index (χ3v) is 12.6. The third kappa shape index (κ3) is 20.8. The number of hydrogen-bond donors (Lipinski definition) is 6. The lowest BCUT2D eigenvalue weighted by atomic mass is 9.82. The minimum Gasteiger partial charge on any atom is -0.497 e. The lowest BCUT2D eigenvalue weighted by Crippen LogP contribution is -2.52. The highest BCUT2D eigenvalue weighted by Crippen LogP contribution is 2.45. The molecule has 1 fully saturated rings. The summed E-state index contributed by atoms with van der Waals surface area (Å²) in [5.41, 5.74) is 15.2. The lowest BCUT2D eigenvalue weighted by Gasteiger charge is -2.34. The fourth-order valence-corrected chi connectivity index (χ4v) is 8.59. The number of hydrogen-bond acceptors (Lipinski definition) is 13. The Morgan fingerprint density at radius 3 is 2.18 bits per heavy atom. The quantitative estimate of drug-likeness (QED) is 0.0279. The van der Waals surface area contributed by atoms with Crippen LogP contribution < -0.4 is 36.9 Å². The number of carbonyl (C=O) groups excluding carboxylic acids is 3. The van der Waals surface area contributed by atoms with E-state index in [0.29, 0.717) is 112 Å². The van der Waals surface area contributed by atoms with E-state index in [1.807, 2.05) is 49.6 Å². The molecule has 3 aromatic carbocycles. The topological polar surface area (TPSA) is 254 Å². The zero-order chi connectivity index (χ0) is 52.6. The van der Waals surface area contributed by atoms with Crippen molar-refractivity contribution in [2.45, 2.75) is 78.0 Å². The van der Waals surface area contributed by atoms with Crippen LogP contribution in [0.4, 0.5) is 4.39 Å². The second-order valence-electron chi connectivity index (χ2n) is 19.6. The van der Waals surface area contributed by atoms with Crippen molar-refractivity contribution in [1.82, 2.24) is 30.9 Å². The van der Waals surface area contributed by atoms with E-state index in [1.165, 1.54) is 6.07 Å². The molecule has 0 saturated heterocycles. The highest BCUT2D eigenvalue weighted by molar-refractivity contribution is 5.77. The van der Waals surface area contributed by atoms with Crippen LogP contribution in [0.3, 0.4) is 0 Å². The zero-order valence-corrected chi connectivity index (χ0v) is 43.0. The molecule has 3 amide bonds. The van der Waals surface area contributed by atoms with Gasteiger partial charge in [0.25, 0.3) is 0 Å².